The summed E-state index contributed by atoms with van der Waals surface area (Å²) in [4.78, 5) is 0. The number of ether oxygens (including phenoxy) is 1. The van der Waals surface area contributed by atoms with E-state index in [4.69, 9.17) is 17.0 Å². The van der Waals surface area contributed by atoms with Gasteiger partial charge in [-0.3, -0.25) is 0 Å². The smallest absolute Gasteiger partial charge is 0.216 e. The topological polar surface area (TPSA) is 60.1 Å². The van der Waals surface area contributed by atoms with Crippen molar-refractivity contribution in [3.8, 4) is 11.4 Å². The van der Waals surface area contributed by atoms with Gasteiger partial charge in [-0.25, -0.2) is 9.49 Å². The summed E-state index contributed by atoms with van der Waals surface area (Å²) in [7, 11) is 0. The van der Waals surface area contributed by atoms with Crippen molar-refractivity contribution in [3.63, 3.8) is 0 Å². The lowest BCUT2D eigenvalue weighted by Crippen LogP contribution is -2.16. The van der Waals surface area contributed by atoms with Gasteiger partial charge >= 0.3 is 0 Å². The number of nitrogens with one attached hydrogen (secondary N) is 1. The summed E-state index contributed by atoms with van der Waals surface area (Å²) in [5.74, 6) is 0.237. The van der Waals surface area contributed by atoms with Gasteiger partial charge in [0.15, 0.2) is 5.82 Å². The molecule has 0 unspecified atom stereocenters. The van der Waals surface area contributed by atoms with E-state index >= 15 is 0 Å². The Labute approximate surface area is 167 Å². The fourth-order valence-corrected chi connectivity index (χ4v) is 3.72. The molecule has 8 heteroatoms. The van der Waals surface area contributed by atoms with Crippen LogP contribution in [0.2, 0.25) is 0 Å². The first kappa shape index (κ1) is 18.8. The van der Waals surface area contributed by atoms with E-state index in [2.05, 4.69) is 39.8 Å². The second kappa shape index (κ2) is 7.81. The van der Waals surface area contributed by atoms with Crippen LogP contribution in [0.5, 0.6) is 0 Å². The van der Waals surface area contributed by atoms with Gasteiger partial charge in [0.1, 0.15) is 5.82 Å². The molecule has 4 rings (SSSR count). The van der Waals surface area contributed by atoms with Crippen molar-refractivity contribution >= 4 is 18.4 Å². The Morgan fingerprint density at radius 1 is 1.36 bits per heavy atom. The van der Waals surface area contributed by atoms with Crippen LogP contribution < -0.4 is 0 Å². The Bertz CT molecular complexity index is 1060. The van der Waals surface area contributed by atoms with E-state index in [1.54, 1.807) is 23.0 Å². The standard InChI is InChI=1S/C20H22FN5OS/c1-13-10-16(14(2)25(13)12-18-4-3-9-27-18)11-22-26-19(23-24-20(26)28)15-5-7-17(21)8-6-15/h5-8,10-11,18H,3-4,9,12H2,1-2H3,(H,24,28)/b22-11-/t18-/m1/s1. The summed E-state index contributed by atoms with van der Waals surface area (Å²) < 4.78 is 23.2. The highest BCUT2D eigenvalue weighted by Crippen LogP contribution is 2.21. The minimum absolute atomic E-state index is 0.280. The molecule has 3 heterocycles. The van der Waals surface area contributed by atoms with Crippen molar-refractivity contribution in [1.82, 2.24) is 19.4 Å². The molecule has 0 bridgehead atoms. The van der Waals surface area contributed by atoms with Gasteiger partial charge in [-0.05, 0) is 69.2 Å². The van der Waals surface area contributed by atoms with Gasteiger partial charge in [0.2, 0.25) is 4.77 Å². The van der Waals surface area contributed by atoms with Crippen LogP contribution in [-0.2, 0) is 11.3 Å². The second-order valence-corrected chi connectivity index (χ2v) is 7.37. The molecule has 0 aliphatic carbocycles. The Hall–Kier alpha value is -2.58. The number of hydrogen-bond donors (Lipinski definition) is 1. The Morgan fingerprint density at radius 3 is 2.86 bits per heavy atom. The molecular weight excluding hydrogens is 377 g/mol. The van der Waals surface area contributed by atoms with Crippen molar-refractivity contribution in [3.05, 3.63) is 57.9 Å². The molecule has 146 valence electrons. The predicted molar refractivity (Wildman–Crippen MR) is 109 cm³/mol. The average Bonchev–Trinajstić information content (AvgIpc) is 3.38. The lowest BCUT2D eigenvalue weighted by Gasteiger charge is -2.14. The Kier molecular flexibility index (Phi) is 5.23. The van der Waals surface area contributed by atoms with E-state index in [1.807, 2.05) is 0 Å². The summed E-state index contributed by atoms with van der Waals surface area (Å²) in [6.45, 7) is 5.88. The van der Waals surface area contributed by atoms with Crippen molar-refractivity contribution in [2.24, 2.45) is 5.10 Å². The molecule has 1 saturated heterocycles. The lowest BCUT2D eigenvalue weighted by molar-refractivity contribution is 0.0962. The monoisotopic (exact) mass is 399 g/mol. The summed E-state index contributed by atoms with van der Waals surface area (Å²) >= 11 is 5.31. The molecule has 0 amide bonds. The minimum Gasteiger partial charge on any atom is -0.376 e. The van der Waals surface area contributed by atoms with Crippen LogP contribution in [0.25, 0.3) is 11.4 Å². The molecule has 0 saturated carbocycles. The normalized spacial score (nSPS) is 17.0. The van der Waals surface area contributed by atoms with Crippen LogP contribution >= 0.6 is 12.2 Å². The Morgan fingerprint density at radius 2 is 2.14 bits per heavy atom. The van der Waals surface area contributed by atoms with Gasteiger partial charge in [-0.1, -0.05) is 0 Å². The molecule has 1 aliphatic heterocycles. The number of benzene rings is 1. The molecule has 1 aromatic carbocycles. The quantitative estimate of drug-likeness (QED) is 0.516. The summed E-state index contributed by atoms with van der Waals surface area (Å²) in [5, 5.41) is 11.5. The third-order valence-corrected chi connectivity index (χ3v) is 5.35. The Balaban J connectivity index is 1.62. The number of aryl methyl sites for hydroxylation is 1. The molecule has 1 aliphatic rings. The largest absolute Gasteiger partial charge is 0.376 e. The number of nitrogens with zero attached hydrogens (tertiary/aromatic N) is 4. The van der Waals surface area contributed by atoms with E-state index in [0.29, 0.717) is 10.6 Å². The molecule has 1 N–H and O–H groups in total. The summed E-state index contributed by atoms with van der Waals surface area (Å²) in [6.07, 6.45) is 4.30. The molecular formula is C20H22FN5OS. The predicted octanol–water partition coefficient (Wildman–Crippen LogP) is 4.23. The zero-order valence-corrected chi connectivity index (χ0v) is 16.7. The summed E-state index contributed by atoms with van der Waals surface area (Å²) in [6, 6.07) is 8.19. The maximum Gasteiger partial charge on any atom is 0.216 e. The van der Waals surface area contributed by atoms with E-state index < -0.39 is 0 Å². The average molecular weight is 399 g/mol. The zero-order valence-electron chi connectivity index (χ0n) is 15.9. The number of halogens is 1. The first-order chi connectivity index (χ1) is 13.5. The summed E-state index contributed by atoms with van der Waals surface area (Å²) in [5.41, 5.74) is 4.05. The molecule has 28 heavy (non-hydrogen) atoms. The van der Waals surface area contributed by atoms with Crippen LogP contribution in [0.3, 0.4) is 0 Å². The highest BCUT2D eigenvalue weighted by molar-refractivity contribution is 7.71. The molecule has 1 atom stereocenters. The third kappa shape index (κ3) is 3.70. The van der Waals surface area contributed by atoms with E-state index in [0.717, 1.165) is 42.8 Å². The number of H-pyrrole nitrogens is 1. The van der Waals surface area contributed by atoms with Crippen molar-refractivity contribution in [1.29, 1.82) is 0 Å². The number of aromatic amines is 1. The molecule has 2 aromatic heterocycles. The van der Waals surface area contributed by atoms with Gasteiger partial charge in [-0.15, -0.1) is 0 Å². The zero-order chi connectivity index (χ0) is 19.7. The maximum atomic E-state index is 13.2. The van der Waals surface area contributed by atoms with E-state index in [1.165, 1.54) is 17.8 Å². The lowest BCUT2D eigenvalue weighted by atomic mass is 10.2. The van der Waals surface area contributed by atoms with Crippen molar-refractivity contribution in [2.75, 3.05) is 6.61 Å². The molecule has 0 spiro atoms. The van der Waals surface area contributed by atoms with Gasteiger partial charge in [0.05, 0.1) is 12.3 Å². The second-order valence-electron chi connectivity index (χ2n) is 6.99. The van der Waals surface area contributed by atoms with Crippen molar-refractivity contribution < 1.29 is 9.13 Å². The first-order valence-electron chi connectivity index (χ1n) is 9.29. The van der Waals surface area contributed by atoms with Gasteiger partial charge < -0.3 is 9.30 Å². The van der Waals surface area contributed by atoms with Crippen LogP contribution in [0.1, 0.15) is 29.8 Å². The molecule has 3 aromatic rings. The van der Waals surface area contributed by atoms with Gasteiger partial charge in [0.25, 0.3) is 0 Å². The fraction of sp³-hybridized carbons (Fsp3) is 0.350. The molecule has 0 radical (unpaired) electrons. The molecule has 1 fully saturated rings. The first-order valence-corrected chi connectivity index (χ1v) is 9.70. The number of rotatable bonds is 5. The van der Waals surface area contributed by atoms with Gasteiger partial charge in [0, 0.05) is 35.7 Å². The van der Waals surface area contributed by atoms with Crippen LogP contribution in [0.15, 0.2) is 35.4 Å². The van der Waals surface area contributed by atoms with E-state index in [-0.39, 0.29) is 11.9 Å². The molecule has 6 nitrogen and oxygen atoms in total. The SMILES string of the molecule is Cc1cc(/C=N\n2c(-c3ccc(F)cc3)n[nH]c2=S)c(C)n1C[C@H]1CCCO1. The fourth-order valence-electron chi connectivity index (χ4n) is 3.54. The van der Waals surface area contributed by atoms with Crippen LogP contribution in [0.4, 0.5) is 4.39 Å². The third-order valence-electron chi connectivity index (χ3n) is 5.09. The van der Waals surface area contributed by atoms with Crippen LogP contribution in [-0.4, -0.2) is 38.4 Å². The van der Waals surface area contributed by atoms with Crippen molar-refractivity contribution in [2.45, 2.75) is 39.3 Å². The number of aromatic nitrogens is 4. The minimum atomic E-state index is -0.299. The van der Waals surface area contributed by atoms with E-state index in [9.17, 15) is 4.39 Å². The van der Waals surface area contributed by atoms with Crippen LogP contribution in [0, 0.1) is 24.4 Å². The number of hydrogen-bond acceptors (Lipinski definition) is 4. The highest BCUT2D eigenvalue weighted by Gasteiger charge is 2.18. The van der Waals surface area contributed by atoms with Gasteiger partial charge in [-0.2, -0.15) is 14.9 Å². The highest BCUT2D eigenvalue weighted by atomic mass is 32.1. The maximum absolute atomic E-state index is 13.2.